The Bertz CT molecular complexity index is 353. The summed E-state index contributed by atoms with van der Waals surface area (Å²) in [7, 11) is 0. The van der Waals surface area contributed by atoms with Gasteiger partial charge in [-0.05, 0) is 37.7 Å². The van der Waals surface area contributed by atoms with Crippen LogP contribution >= 0.6 is 0 Å². The van der Waals surface area contributed by atoms with Crippen LogP contribution in [0.5, 0.6) is 0 Å². The summed E-state index contributed by atoms with van der Waals surface area (Å²) in [6.45, 7) is 2.10. The minimum absolute atomic E-state index is 0.237. The van der Waals surface area contributed by atoms with Crippen molar-refractivity contribution < 1.29 is 0 Å². The van der Waals surface area contributed by atoms with E-state index in [1.807, 2.05) is 18.2 Å². The van der Waals surface area contributed by atoms with E-state index in [4.69, 9.17) is 11.5 Å². The Balaban J connectivity index is 1.98. The molecular weight excluding hydrogens is 220 g/mol. The number of hydrogen-bond donors (Lipinski definition) is 2. The van der Waals surface area contributed by atoms with Gasteiger partial charge in [0.05, 0.1) is 0 Å². The molecule has 2 atom stereocenters. The van der Waals surface area contributed by atoms with E-state index in [0.717, 1.165) is 6.42 Å². The fourth-order valence-electron chi connectivity index (χ4n) is 3.16. The topological polar surface area (TPSA) is 52.0 Å². The van der Waals surface area contributed by atoms with Gasteiger partial charge in [-0.2, -0.15) is 0 Å². The largest absolute Gasteiger partial charge is 0.327 e. The molecule has 0 spiro atoms. The molecule has 1 aromatic carbocycles. The summed E-state index contributed by atoms with van der Waals surface area (Å²) in [6.07, 6.45) is 7.50. The van der Waals surface area contributed by atoms with E-state index < -0.39 is 0 Å². The van der Waals surface area contributed by atoms with Gasteiger partial charge >= 0.3 is 0 Å². The monoisotopic (exact) mass is 246 g/mol. The summed E-state index contributed by atoms with van der Waals surface area (Å²) in [5, 5.41) is 0. The van der Waals surface area contributed by atoms with E-state index in [0.29, 0.717) is 5.92 Å². The molecule has 1 aliphatic carbocycles. The summed E-state index contributed by atoms with van der Waals surface area (Å²) >= 11 is 0. The maximum atomic E-state index is 6.47. The van der Waals surface area contributed by atoms with Crippen molar-refractivity contribution in [3.05, 3.63) is 35.9 Å². The zero-order valence-corrected chi connectivity index (χ0v) is 11.4. The average molecular weight is 246 g/mol. The van der Waals surface area contributed by atoms with Gasteiger partial charge < -0.3 is 11.5 Å². The van der Waals surface area contributed by atoms with E-state index in [2.05, 4.69) is 19.1 Å². The molecule has 2 nitrogen and oxygen atoms in total. The Hall–Kier alpha value is -0.860. The van der Waals surface area contributed by atoms with Gasteiger partial charge in [0.15, 0.2) is 0 Å². The van der Waals surface area contributed by atoms with Crippen LogP contribution in [0.4, 0.5) is 0 Å². The number of rotatable bonds is 4. The summed E-state index contributed by atoms with van der Waals surface area (Å²) < 4.78 is 0. The van der Waals surface area contributed by atoms with Crippen LogP contribution in [0.25, 0.3) is 0 Å². The molecule has 18 heavy (non-hydrogen) atoms. The molecule has 100 valence electrons. The second-order valence-corrected chi connectivity index (χ2v) is 6.05. The quantitative estimate of drug-likeness (QED) is 0.857. The highest BCUT2D eigenvalue weighted by molar-refractivity contribution is 5.23. The van der Waals surface area contributed by atoms with Crippen LogP contribution in [0, 0.1) is 5.92 Å². The zero-order chi connectivity index (χ0) is 13.0. The maximum Gasteiger partial charge on any atom is 0.0395 e. The third-order valence-corrected chi connectivity index (χ3v) is 4.35. The summed E-state index contributed by atoms with van der Waals surface area (Å²) in [4.78, 5) is 0. The Morgan fingerprint density at radius 3 is 2.39 bits per heavy atom. The first-order valence-corrected chi connectivity index (χ1v) is 7.19. The van der Waals surface area contributed by atoms with Crippen LogP contribution in [0.15, 0.2) is 30.3 Å². The third-order valence-electron chi connectivity index (χ3n) is 4.35. The van der Waals surface area contributed by atoms with Crippen molar-refractivity contribution in [1.82, 2.24) is 0 Å². The molecule has 1 fully saturated rings. The van der Waals surface area contributed by atoms with Gasteiger partial charge in [-0.15, -0.1) is 0 Å². The smallest absolute Gasteiger partial charge is 0.0395 e. The fourth-order valence-corrected chi connectivity index (χ4v) is 3.16. The molecule has 1 aliphatic rings. The fraction of sp³-hybridized carbons (Fsp3) is 0.625. The van der Waals surface area contributed by atoms with Gasteiger partial charge in [0.25, 0.3) is 0 Å². The van der Waals surface area contributed by atoms with E-state index >= 15 is 0 Å². The Kier molecular flexibility index (Phi) is 4.41. The van der Waals surface area contributed by atoms with Gasteiger partial charge in [-0.25, -0.2) is 0 Å². The first-order valence-electron chi connectivity index (χ1n) is 7.19. The minimum atomic E-state index is -0.307. The molecule has 0 bridgehead atoms. The van der Waals surface area contributed by atoms with Crippen LogP contribution in [0.1, 0.15) is 51.0 Å². The second-order valence-electron chi connectivity index (χ2n) is 6.05. The van der Waals surface area contributed by atoms with Crippen molar-refractivity contribution in [2.75, 3.05) is 0 Å². The lowest BCUT2D eigenvalue weighted by Crippen LogP contribution is -2.43. The van der Waals surface area contributed by atoms with Crippen LogP contribution < -0.4 is 11.5 Å². The molecule has 1 saturated carbocycles. The summed E-state index contributed by atoms with van der Waals surface area (Å²) in [5.41, 5.74) is 13.7. The predicted molar refractivity (Wildman–Crippen MR) is 77.1 cm³/mol. The zero-order valence-electron chi connectivity index (χ0n) is 11.4. The Labute approximate surface area is 111 Å². The second kappa shape index (κ2) is 5.85. The molecule has 1 aromatic rings. The molecule has 2 rings (SSSR count). The summed E-state index contributed by atoms with van der Waals surface area (Å²) in [6, 6.07) is 10.6. The molecule has 0 heterocycles. The third kappa shape index (κ3) is 3.33. The molecule has 2 heteroatoms. The van der Waals surface area contributed by atoms with Gasteiger partial charge in [-0.3, -0.25) is 0 Å². The highest BCUT2D eigenvalue weighted by atomic mass is 14.8. The van der Waals surface area contributed by atoms with Crippen molar-refractivity contribution in [3.63, 3.8) is 0 Å². The van der Waals surface area contributed by atoms with Gasteiger partial charge in [-0.1, -0.05) is 49.6 Å². The summed E-state index contributed by atoms with van der Waals surface area (Å²) in [5.74, 6) is 0.672. The molecule has 4 N–H and O–H groups in total. The molecule has 0 aliphatic heterocycles. The van der Waals surface area contributed by atoms with E-state index in [1.54, 1.807) is 0 Å². The van der Waals surface area contributed by atoms with Gasteiger partial charge in [0.2, 0.25) is 0 Å². The normalized spacial score (nSPS) is 22.4. The lowest BCUT2D eigenvalue weighted by molar-refractivity contribution is 0.259. The average Bonchev–Trinajstić information content (AvgIpc) is 2.40. The molecule has 0 saturated heterocycles. The predicted octanol–water partition coefficient (Wildman–Crippen LogP) is 3.16. The van der Waals surface area contributed by atoms with E-state index in [-0.39, 0.29) is 11.6 Å². The number of nitrogens with two attached hydrogens (primary N) is 2. The van der Waals surface area contributed by atoms with Crippen LogP contribution in [-0.4, -0.2) is 6.04 Å². The number of benzene rings is 1. The lowest BCUT2D eigenvalue weighted by Gasteiger charge is -2.34. The molecular formula is C16H26N2. The van der Waals surface area contributed by atoms with E-state index in [1.165, 1.54) is 37.7 Å². The maximum absolute atomic E-state index is 6.47. The molecule has 0 amide bonds. The first kappa shape index (κ1) is 13.6. The first-order chi connectivity index (χ1) is 8.59. The van der Waals surface area contributed by atoms with Crippen LogP contribution in [0.2, 0.25) is 0 Å². The molecule has 0 aromatic heterocycles. The lowest BCUT2D eigenvalue weighted by atomic mass is 9.77. The van der Waals surface area contributed by atoms with Crippen molar-refractivity contribution >= 4 is 0 Å². The van der Waals surface area contributed by atoms with Crippen LogP contribution in [0.3, 0.4) is 0 Å². The van der Waals surface area contributed by atoms with Crippen molar-refractivity contribution in [2.24, 2.45) is 17.4 Å². The van der Waals surface area contributed by atoms with Crippen molar-refractivity contribution in [1.29, 1.82) is 0 Å². The van der Waals surface area contributed by atoms with E-state index in [9.17, 15) is 0 Å². The Morgan fingerprint density at radius 1 is 1.17 bits per heavy atom. The highest BCUT2D eigenvalue weighted by Gasteiger charge is 2.28. The van der Waals surface area contributed by atoms with Crippen LogP contribution in [-0.2, 0) is 5.54 Å². The number of hydrogen-bond acceptors (Lipinski definition) is 2. The van der Waals surface area contributed by atoms with Gasteiger partial charge in [0.1, 0.15) is 0 Å². The van der Waals surface area contributed by atoms with Crippen molar-refractivity contribution in [2.45, 2.75) is 57.0 Å². The van der Waals surface area contributed by atoms with Crippen molar-refractivity contribution in [3.8, 4) is 0 Å². The Morgan fingerprint density at radius 2 is 1.78 bits per heavy atom. The standard InChI is InChI=1S/C16H26N2/c1-16(18,14-10-6-3-7-11-14)12-15(17)13-8-4-2-5-9-13/h3,6-7,10-11,13,15H,2,4-5,8-9,12,17-18H2,1H3. The van der Waals surface area contributed by atoms with Gasteiger partial charge in [0, 0.05) is 11.6 Å². The highest BCUT2D eigenvalue weighted by Crippen LogP contribution is 2.31. The molecule has 2 unspecified atom stereocenters. The SMILES string of the molecule is CC(N)(CC(N)C1CCCCC1)c1ccccc1. The minimum Gasteiger partial charge on any atom is -0.327 e. The molecule has 0 radical (unpaired) electrons.